The number of rotatable bonds is 13. The van der Waals surface area contributed by atoms with Gasteiger partial charge in [0.25, 0.3) is 10.0 Å². The van der Waals surface area contributed by atoms with Crippen molar-refractivity contribution in [3.8, 4) is 23.0 Å². The molecule has 0 saturated heterocycles. The van der Waals surface area contributed by atoms with Gasteiger partial charge in [-0.15, -0.1) is 0 Å². The molecule has 1 amide bonds. The lowest BCUT2D eigenvalue weighted by atomic mass is 10.2. The molecule has 204 valence electrons. The Morgan fingerprint density at radius 2 is 1.50 bits per heavy atom. The Labute approximate surface area is 224 Å². The Hall–Kier alpha value is -3.92. The van der Waals surface area contributed by atoms with Gasteiger partial charge in [0.2, 0.25) is 5.91 Å². The van der Waals surface area contributed by atoms with Crippen LogP contribution < -0.4 is 28.6 Å². The fraction of sp³-hybridized carbons (Fsp3) is 0.321. The van der Waals surface area contributed by atoms with Crippen molar-refractivity contribution in [3.63, 3.8) is 0 Å². The van der Waals surface area contributed by atoms with Crippen molar-refractivity contribution < 1.29 is 32.2 Å². The molecule has 0 aliphatic rings. The topological polar surface area (TPSA) is 103 Å². The predicted octanol–water partition coefficient (Wildman–Crippen LogP) is 4.19. The molecule has 0 aliphatic heterocycles. The van der Waals surface area contributed by atoms with E-state index in [0.717, 1.165) is 9.87 Å². The molecule has 10 heteroatoms. The average Bonchev–Trinajstić information content (AvgIpc) is 2.91. The monoisotopic (exact) mass is 542 g/mol. The lowest BCUT2D eigenvalue weighted by Crippen LogP contribution is -2.45. The van der Waals surface area contributed by atoms with Gasteiger partial charge in [-0.05, 0) is 69.3 Å². The van der Waals surface area contributed by atoms with Gasteiger partial charge in [0.15, 0.2) is 11.5 Å². The predicted molar refractivity (Wildman–Crippen MR) is 146 cm³/mol. The van der Waals surface area contributed by atoms with Gasteiger partial charge in [-0.2, -0.15) is 0 Å². The van der Waals surface area contributed by atoms with E-state index in [1.54, 1.807) is 31.2 Å². The van der Waals surface area contributed by atoms with Gasteiger partial charge in [-0.25, -0.2) is 8.42 Å². The van der Waals surface area contributed by atoms with Crippen molar-refractivity contribution in [2.24, 2.45) is 0 Å². The third kappa shape index (κ3) is 7.32. The summed E-state index contributed by atoms with van der Waals surface area (Å²) in [4.78, 5) is 13.0. The number of sulfonamides is 1. The summed E-state index contributed by atoms with van der Waals surface area (Å²) >= 11 is 0. The van der Waals surface area contributed by atoms with Gasteiger partial charge in [-0.3, -0.25) is 9.10 Å². The van der Waals surface area contributed by atoms with E-state index < -0.39 is 22.5 Å². The molecule has 0 saturated carbocycles. The minimum atomic E-state index is -4.16. The number of hydrogen-bond acceptors (Lipinski definition) is 7. The number of methoxy groups -OCH3 is 2. The second-order valence-electron chi connectivity index (χ2n) is 8.55. The number of nitrogens with zero attached hydrogens (tertiary/aromatic N) is 1. The van der Waals surface area contributed by atoms with Crippen LogP contribution in [-0.2, 0) is 14.8 Å². The molecular weight excluding hydrogens is 508 g/mol. The van der Waals surface area contributed by atoms with Crippen LogP contribution in [0.3, 0.4) is 0 Å². The summed E-state index contributed by atoms with van der Waals surface area (Å²) in [5, 5.41) is 2.82. The highest BCUT2D eigenvalue weighted by Gasteiger charge is 2.29. The standard InChI is InChI=1S/C28H34N2O7S/c1-6-36-23-13-9-22(10-14-23)30(38(32,33)25-15-16-26(34-4)27(17-25)35-5)18-28(31)29-21(3)19-37-24-11-7-20(2)8-12-24/h7-17,21H,6,18-19H2,1-5H3,(H,29,31). The van der Waals surface area contributed by atoms with Crippen LogP contribution in [-0.4, -0.2) is 54.3 Å². The van der Waals surface area contributed by atoms with Gasteiger partial charge >= 0.3 is 0 Å². The van der Waals surface area contributed by atoms with Crippen molar-refractivity contribution in [1.29, 1.82) is 0 Å². The zero-order valence-electron chi connectivity index (χ0n) is 22.3. The summed E-state index contributed by atoms with van der Waals surface area (Å²) < 4.78 is 50.3. The van der Waals surface area contributed by atoms with Gasteiger partial charge in [0.1, 0.15) is 24.7 Å². The van der Waals surface area contributed by atoms with Crippen LogP contribution in [0.15, 0.2) is 71.6 Å². The van der Waals surface area contributed by atoms with Gasteiger partial charge in [0, 0.05) is 6.07 Å². The van der Waals surface area contributed by atoms with Crippen molar-refractivity contribution in [1.82, 2.24) is 5.32 Å². The van der Waals surface area contributed by atoms with Crippen LogP contribution in [0.25, 0.3) is 0 Å². The minimum Gasteiger partial charge on any atom is -0.494 e. The molecule has 38 heavy (non-hydrogen) atoms. The van der Waals surface area contributed by atoms with E-state index in [9.17, 15) is 13.2 Å². The van der Waals surface area contributed by atoms with E-state index in [1.165, 1.54) is 32.4 Å². The lowest BCUT2D eigenvalue weighted by molar-refractivity contribution is -0.120. The van der Waals surface area contributed by atoms with E-state index in [2.05, 4.69) is 5.32 Å². The Bertz CT molecular complexity index is 1310. The summed E-state index contributed by atoms with van der Waals surface area (Å²) in [7, 11) is -1.27. The summed E-state index contributed by atoms with van der Waals surface area (Å²) in [6, 6.07) is 18.0. The molecule has 3 rings (SSSR count). The highest BCUT2D eigenvalue weighted by atomic mass is 32.2. The molecule has 0 fully saturated rings. The number of amides is 1. The van der Waals surface area contributed by atoms with Crippen LogP contribution in [0, 0.1) is 6.92 Å². The van der Waals surface area contributed by atoms with E-state index in [1.807, 2.05) is 38.1 Å². The molecule has 0 spiro atoms. The van der Waals surface area contributed by atoms with Crippen molar-refractivity contribution in [3.05, 3.63) is 72.3 Å². The average molecular weight is 543 g/mol. The molecule has 0 heterocycles. The van der Waals surface area contributed by atoms with Crippen molar-refractivity contribution >= 4 is 21.6 Å². The van der Waals surface area contributed by atoms with Gasteiger partial charge in [0.05, 0.1) is 37.5 Å². The minimum absolute atomic E-state index is 0.0485. The molecule has 0 bridgehead atoms. The molecular formula is C28H34N2O7S. The lowest BCUT2D eigenvalue weighted by Gasteiger charge is -2.25. The number of nitrogens with one attached hydrogen (secondary N) is 1. The smallest absolute Gasteiger partial charge is 0.264 e. The number of benzene rings is 3. The molecule has 1 atom stereocenters. The maximum absolute atomic E-state index is 13.8. The largest absolute Gasteiger partial charge is 0.494 e. The Balaban J connectivity index is 1.82. The summed E-state index contributed by atoms with van der Waals surface area (Å²) in [6.45, 7) is 5.88. The first-order valence-electron chi connectivity index (χ1n) is 12.1. The van der Waals surface area contributed by atoms with Crippen LogP contribution in [0.4, 0.5) is 5.69 Å². The van der Waals surface area contributed by atoms with Crippen molar-refractivity contribution in [2.45, 2.75) is 31.7 Å². The quantitative estimate of drug-likeness (QED) is 0.345. The Morgan fingerprint density at radius 3 is 2.11 bits per heavy atom. The van der Waals surface area contributed by atoms with E-state index >= 15 is 0 Å². The first-order chi connectivity index (χ1) is 18.2. The summed E-state index contributed by atoms with van der Waals surface area (Å²) in [5.74, 6) is 1.43. The number of hydrogen-bond donors (Lipinski definition) is 1. The molecule has 0 aromatic heterocycles. The highest BCUT2D eigenvalue weighted by Crippen LogP contribution is 2.32. The van der Waals surface area contributed by atoms with E-state index in [4.69, 9.17) is 18.9 Å². The maximum Gasteiger partial charge on any atom is 0.264 e. The third-order valence-corrected chi connectivity index (χ3v) is 7.36. The summed E-state index contributed by atoms with van der Waals surface area (Å²) in [5.41, 5.74) is 1.42. The van der Waals surface area contributed by atoms with E-state index in [0.29, 0.717) is 29.5 Å². The van der Waals surface area contributed by atoms with Gasteiger partial charge in [-0.1, -0.05) is 17.7 Å². The van der Waals surface area contributed by atoms with E-state index in [-0.39, 0.29) is 23.3 Å². The second kappa shape index (κ2) is 13.0. The summed E-state index contributed by atoms with van der Waals surface area (Å²) in [6.07, 6.45) is 0. The SMILES string of the molecule is CCOc1ccc(N(CC(=O)NC(C)COc2ccc(C)cc2)S(=O)(=O)c2ccc(OC)c(OC)c2)cc1. The highest BCUT2D eigenvalue weighted by molar-refractivity contribution is 7.92. The maximum atomic E-state index is 13.8. The fourth-order valence-electron chi connectivity index (χ4n) is 3.64. The Kier molecular flexibility index (Phi) is 9.84. The first-order valence-corrected chi connectivity index (χ1v) is 13.6. The number of aryl methyl sites for hydroxylation is 1. The molecule has 3 aromatic carbocycles. The van der Waals surface area contributed by atoms with Gasteiger partial charge < -0.3 is 24.3 Å². The molecule has 0 aliphatic carbocycles. The first kappa shape index (κ1) is 28.6. The fourth-order valence-corrected chi connectivity index (χ4v) is 5.08. The number of anilines is 1. The molecule has 1 N–H and O–H groups in total. The Morgan fingerprint density at radius 1 is 0.895 bits per heavy atom. The molecule has 3 aromatic rings. The zero-order valence-corrected chi connectivity index (χ0v) is 23.1. The molecule has 9 nitrogen and oxygen atoms in total. The number of carbonyl (C=O) groups is 1. The number of carbonyl (C=O) groups excluding carboxylic acids is 1. The number of ether oxygens (including phenoxy) is 4. The van der Waals surface area contributed by atoms with Crippen molar-refractivity contribution in [2.75, 3.05) is 38.3 Å². The van der Waals surface area contributed by atoms with Crippen LogP contribution in [0.1, 0.15) is 19.4 Å². The van der Waals surface area contributed by atoms with Crippen LogP contribution >= 0.6 is 0 Å². The third-order valence-electron chi connectivity index (χ3n) is 5.59. The van der Waals surface area contributed by atoms with Crippen LogP contribution in [0.5, 0.6) is 23.0 Å². The molecule has 1 unspecified atom stereocenters. The van der Waals surface area contributed by atoms with Crippen LogP contribution in [0.2, 0.25) is 0 Å². The normalized spacial score (nSPS) is 11.8. The zero-order chi connectivity index (χ0) is 27.7. The second-order valence-corrected chi connectivity index (χ2v) is 10.4. The molecule has 0 radical (unpaired) electrons.